The van der Waals surface area contributed by atoms with Gasteiger partial charge < -0.3 is 5.32 Å². The van der Waals surface area contributed by atoms with Gasteiger partial charge in [0, 0.05) is 23.2 Å². The van der Waals surface area contributed by atoms with Crippen LogP contribution in [0.3, 0.4) is 0 Å². The largest absolute Gasteiger partial charge is 0.355 e. The molecule has 3 aromatic carbocycles. The number of rotatable bonds is 7. The zero-order valence-corrected chi connectivity index (χ0v) is 19.2. The van der Waals surface area contributed by atoms with Crippen LogP contribution in [0.4, 0.5) is 0 Å². The van der Waals surface area contributed by atoms with Crippen molar-refractivity contribution in [2.75, 3.05) is 6.54 Å². The quantitative estimate of drug-likeness (QED) is 0.427. The number of nitrogens with one attached hydrogen (secondary N) is 1. The molecule has 0 bridgehead atoms. The highest BCUT2D eigenvalue weighted by Crippen LogP contribution is 2.24. The lowest BCUT2D eigenvalue weighted by molar-refractivity contribution is -0.120. The molecule has 7 heteroatoms. The molecule has 0 saturated heterocycles. The number of hydrogen-bond acceptors (Lipinski definition) is 3. The first-order valence-corrected chi connectivity index (χ1v) is 12.1. The molecule has 5 nitrogen and oxygen atoms in total. The van der Waals surface area contributed by atoms with Crippen LogP contribution in [0.5, 0.6) is 0 Å². The predicted molar refractivity (Wildman–Crippen MR) is 128 cm³/mol. The second kappa shape index (κ2) is 9.18. The fourth-order valence-electron chi connectivity index (χ4n) is 3.53. The van der Waals surface area contributed by atoms with Crippen molar-refractivity contribution in [3.05, 3.63) is 101 Å². The molecule has 0 radical (unpaired) electrons. The molecule has 0 unspecified atom stereocenters. The van der Waals surface area contributed by atoms with Crippen LogP contribution in [-0.4, -0.2) is 24.8 Å². The lowest BCUT2D eigenvalue weighted by Gasteiger charge is -2.10. The smallest absolute Gasteiger partial charge is 0.268 e. The molecule has 32 heavy (non-hydrogen) atoms. The summed E-state index contributed by atoms with van der Waals surface area (Å²) in [6.07, 6.45) is 2.46. The van der Waals surface area contributed by atoms with E-state index in [1.165, 1.54) is 3.97 Å². The average molecular weight is 467 g/mol. The molecule has 1 aromatic heterocycles. The molecule has 4 aromatic rings. The Bertz CT molecular complexity index is 1360. The molecule has 0 aliphatic rings. The molecule has 0 fully saturated rings. The summed E-state index contributed by atoms with van der Waals surface area (Å²) in [6.45, 7) is 2.38. The van der Waals surface area contributed by atoms with Crippen molar-refractivity contribution < 1.29 is 13.2 Å². The number of halogens is 1. The van der Waals surface area contributed by atoms with Gasteiger partial charge in [0.05, 0.1) is 16.8 Å². The third-order valence-corrected chi connectivity index (χ3v) is 7.27. The summed E-state index contributed by atoms with van der Waals surface area (Å²) in [5, 5.41) is 4.40. The summed E-state index contributed by atoms with van der Waals surface area (Å²) in [7, 11) is -3.69. The number of amides is 1. The third kappa shape index (κ3) is 4.87. The summed E-state index contributed by atoms with van der Waals surface area (Å²) in [4.78, 5) is 12.4. The van der Waals surface area contributed by atoms with Crippen LogP contribution in [0.1, 0.15) is 16.7 Å². The highest BCUT2D eigenvalue weighted by atomic mass is 35.5. The number of aromatic nitrogens is 1. The van der Waals surface area contributed by atoms with Gasteiger partial charge in [0.15, 0.2) is 0 Å². The molecule has 1 heterocycles. The highest BCUT2D eigenvalue weighted by Gasteiger charge is 2.18. The third-order valence-electron chi connectivity index (χ3n) is 5.31. The number of aryl methyl sites for hydroxylation is 1. The number of benzene rings is 3. The topological polar surface area (TPSA) is 68.2 Å². The SMILES string of the molecule is Cc1ccc(S(=O)(=O)n2ccc3ccc(CCNC(=O)Cc4ccc(Cl)cc4)cc32)cc1. The highest BCUT2D eigenvalue weighted by molar-refractivity contribution is 7.90. The fraction of sp³-hybridized carbons (Fsp3) is 0.160. The summed E-state index contributed by atoms with van der Waals surface area (Å²) in [5.74, 6) is -0.0706. The molecular weight excluding hydrogens is 444 g/mol. The number of carbonyl (C=O) groups excluding carboxylic acids is 1. The van der Waals surface area contributed by atoms with Crippen LogP contribution in [-0.2, 0) is 27.7 Å². The summed E-state index contributed by atoms with van der Waals surface area (Å²) in [6, 6.07) is 21.5. The van der Waals surface area contributed by atoms with Crippen LogP contribution in [0.15, 0.2) is 83.9 Å². The Labute approximate surface area is 192 Å². The van der Waals surface area contributed by atoms with Crippen molar-refractivity contribution in [3.63, 3.8) is 0 Å². The Morgan fingerprint density at radius 1 is 0.938 bits per heavy atom. The molecule has 1 N–H and O–H groups in total. The van der Waals surface area contributed by atoms with Crippen LogP contribution < -0.4 is 5.32 Å². The van der Waals surface area contributed by atoms with E-state index >= 15 is 0 Å². The van der Waals surface area contributed by atoms with E-state index in [9.17, 15) is 13.2 Å². The average Bonchev–Trinajstić information content (AvgIpc) is 3.20. The van der Waals surface area contributed by atoms with Gasteiger partial charge in [-0.3, -0.25) is 4.79 Å². The Morgan fingerprint density at radius 2 is 1.62 bits per heavy atom. The van der Waals surface area contributed by atoms with E-state index in [-0.39, 0.29) is 17.2 Å². The zero-order chi connectivity index (χ0) is 22.7. The van der Waals surface area contributed by atoms with Gasteiger partial charge in [0.25, 0.3) is 10.0 Å². The minimum Gasteiger partial charge on any atom is -0.355 e. The zero-order valence-electron chi connectivity index (χ0n) is 17.6. The van der Waals surface area contributed by atoms with Gasteiger partial charge in [-0.15, -0.1) is 0 Å². The maximum Gasteiger partial charge on any atom is 0.268 e. The summed E-state index contributed by atoms with van der Waals surface area (Å²) >= 11 is 5.87. The number of nitrogens with zero attached hydrogens (tertiary/aromatic N) is 1. The standard InChI is InChI=1S/C25H23ClN2O3S/c1-18-2-10-23(11-3-18)32(30,31)28-15-13-21-7-4-20(16-24(21)28)12-14-27-25(29)17-19-5-8-22(26)9-6-19/h2-11,13,15-16H,12,14,17H2,1H3,(H,27,29). The van der Waals surface area contributed by atoms with Gasteiger partial charge in [-0.25, -0.2) is 12.4 Å². The van der Waals surface area contributed by atoms with Crippen LogP contribution in [0, 0.1) is 6.92 Å². The van der Waals surface area contributed by atoms with Crippen molar-refractivity contribution in [2.24, 2.45) is 0 Å². The van der Waals surface area contributed by atoms with E-state index in [1.54, 1.807) is 48.7 Å². The molecule has 0 saturated carbocycles. The first-order chi connectivity index (χ1) is 15.3. The van der Waals surface area contributed by atoms with Gasteiger partial charge >= 0.3 is 0 Å². The van der Waals surface area contributed by atoms with Crippen molar-refractivity contribution in [1.29, 1.82) is 0 Å². The normalized spacial score (nSPS) is 11.6. The molecule has 0 aliphatic heterocycles. The Morgan fingerprint density at radius 3 is 2.34 bits per heavy atom. The van der Waals surface area contributed by atoms with E-state index < -0.39 is 10.0 Å². The van der Waals surface area contributed by atoms with Gasteiger partial charge in [0.1, 0.15) is 0 Å². The van der Waals surface area contributed by atoms with Gasteiger partial charge in [-0.1, -0.05) is 53.6 Å². The Kier molecular flexibility index (Phi) is 6.35. The Hall–Kier alpha value is -3.09. The molecule has 1 amide bonds. The minimum atomic E-state index is -3.69. The molecule has 0 atom stereocenters. The lowest BCUT2D eigenvalue weighted by atomic mass is 10.1. The number of fused-ring (bicyclic) bond motifs is 1. The Balaban J connectivity index is 1.46. The maximum atomic E-state index is 13.1. The first kappa shape index (κ1) is 22.1. The van der Waals surface area contributed by atoms with E-state index in [1.807, 2.05) is 37.3 Å². The van der Waals surface area contributed by atoms with Crippen molar-refractivity contribution in [1.82, 2.24) is 9.29 Å². The predicted octanol–water partition coefficient (Wildman–Crippen LogP) is 4.74. The van der Waals surface area contributed by atoms with Crippen LogP contribution in [0.2, 0.25) is 5.02 Å². The number of carbonyl (C=O) groups is 1. The second-order valence-corrected chi connectivity index (χ2v) is 9.98. The van der Waals surface area contributed by atoms with Gasteiger partial charge in [-0.05, 0) is 60.9 Å². The van der Waals surface area contributed by atoms with Gasteiger partial charge in [0.2, 0.25) is 5.91 Å². The molecular formula is C25H23ClN2O3S. The van der Waals surface area contributed by atoms with Crippen molar-refractivity contribution >= 4 is 38.4 Å². The monoisotopic (exact) mass is 466 g/mol. The van der Waals surface area contributed by atoms with E-state index in [0.29, 0.717) is 23.5 Å². The molecule has 0 spiro atoms. The van der Waals surface area contributed by atoms with Crippen LogP contribution in [0.25, 0.3) is 10.9 Å². The van der Waals surface area contributed by atoms with Crippen molar-refractivity contribution in [3.8, 4) is 0 Å². The lowest BCUT2D eigenvalue weighted by Crippen LogP contribution is -2.27. The van der Waals surface area contributed by atoms with E-state index in [2.05, 4.69) is 5.32 Å². The van der Waals surface area contributed by atoms with E-state index in [4.69, 9.17) is 11.6 Å². The molecule has 0 aliphatic carbocycles. The minimum absolute atomic E-state index is 0.0706. The van der Waals surface area contributed by atoms with E-state index in [0.717, 1.165) is 22.1 Å². The van der Waals surface area contributed by atoms with Crippen LogP contribution >= 0.6 is 11.6 Å². The maximum absolute atomic E-state index is 13.1. The van der Waals surface area contributed by atoms with Gasteiger partial charge in [-0.2, -0.15) is 0 Å². The summed E-state index contributed by atoms with van der Waals surface area (Å²) < 4.78 is 27.6. The number of hydrogen-bond donors (Lipinski definition) is 1. The van der Waals surface area contributed by atoms with Crippen molar-refractivity contribution in [2.45, 2.75) is 24.7 Å². The molecule has 4 rings (SSSR count). The summed E-state index contributed by atoms with van der Waals surface area (Å²) in [5.41, 5.74) is 3.47. The first-order valence-electron chi connectivity index (χ1n) is 10.3. The second-order valence-electron chi connectivity index (χ2n) is 7.73. The molecule has 164 valence electrons. The fourth-order valence-corrected chi connectivity index (χ4v) is 5.01.